The van der Waals surface area contributed by atoms with E-state index in [2.05, 4.69) is 40.2 Å². The maximum absolute atomic E-state index is 14.4. The Hall–Kier alpha value is -3.52. The summed E-state index contributed by atoms with van der Waals surface area (Å²) in [4.78, 5) is 17.9. The predicted octanol–water partition coefficient (Wildman–Crippen LogP) is 6.27. The maximum Gasteiger partial charge on any atom is 0.335 e. The van der Waals surface area contributed by atoms with E-state index in [1.54, 1.807) is 0 Å². The zero-order valence-corrected chi connectivity index (χ0v) is 19.9. The van der Waals surface area contributed by atoms with Gasteiger partial charge in [0.05, 0.1) is 10.3 Å². The molecule has 1 aliphatic heterocycles. The molecule has 3 aliphatic rings. The minimum absolute atomic E-state index is 0.0542. The summed E-state index contributed by atoms with van der Waals surface area (Å²) < 4.78 is 20.8. The number of nitrogens with zero attached hydrogens (tertiary/aromatic N) is 3. The van der Waals surface area contributed by atoms with Crippen LogP contribution in [0.25, 0.3) is 27.0 Å². The van der Waals surface area contributed by atoms with E-state index in [0.29, 0.717) is 10.6 Å². The first-order chi connectivity index (χ1) is 16.9. The first-order valence-electron chi connectivity index (χ1n) is 11.8. The van der Waals surface area contributed by atoms with Crippen LogP contribution in [0.15, 0.2) is 47.0 Å². The third kappa shape index (κ3) is 3.23. The van der Waals surface area contributed by atoms with Crippen LogP contribution in [-0.2, 0) is 0 Å². The number of anilines is 1. The lowest BCUT2D eigenvalue weighted by atomic mass is 9.64. The van der Waals surface area contributed by atoms with E-state index >= 15 is 0 Å². The molecular weight excluding hydrogens is 465 g/mol. The average molecular weight is 488 g/mol. The summed E-state index contributed by atoms with van der Waals surface area (Å²) in [5.41, 5.74) is 5.98. The summed E-state index contributed by atoms with van der Waals surface area (Å²) in [5, 5.41) is 14.4. The van der Waals surface area contributed by atoms with Gasteiger partial charge in [-0.25, -0.2) is 14.2 Å². The Labute approximate surface area is 204 Å². The molecule has 0 atom stereocenters. The number of hydrogen-bond acceptors (Lipinski definition) is 6. The molecule has 1 spiro atoms. The molecule has 2 fully saturated rings. The molecule has 2 aromatic carbocycles. The Morgan fingerprint density at radius 3 is 2.74 bits per heavy atom. The molecule has 2 aliphatic carbocycles. The maximum atomic E-state index is 14.4. The van der Waals surface area contributed by atoms with Crippen LogP contribution >= 0.6 is 11.3 Å². The number of aryl methyl sites for hydroxylation is 1. The summed E-state index contributed by atoms with van der Waals surface area (Å²) in [6.45, 7) is 3.73. The van der Waals surface area contributed by atoms with Gasteiger partial charge in [-0.05, 0) is 49.5 Å². The van der Waals surface area contributed by atoms with E-state index in [9.17, 15) is 14.3 Å². The van der Waals surface area contributed by atoms with Crippen molar-refractivity contribution < 1.29 is 18.8 Å². The van der Waals surface area contributed by atoms with Crippen molar-refractivity contribution in [3.8, 4) is 11.3 Å². The average Bonchev–Trinajstić information content (AvgIpc) is 3.38. The smallest absolute Gasteiger partial charge is 0.335 e. The van der Waals surface area contributed by atoms with E-state index in [-0.39, 0.29) is 16.5 Å². The number of carbonyl (C=O) groups is 1. The summed E-state index contributed by atoms with van der Waals surface area (Å²) >= 11 is 1.34. The topological polar surface area (TPSA) is 79.5 Å². The molecule has 7 rings (SSSR count). The molecule has 1 saturated heterocycles. The van der Waals surface area contributed by atoms with Crippen molar-refractivity contribution in [3.05, 3.63) is 70.7 Å². The third-order valence-electron chi connectivity index (χ3n) is 7.38. The van der Waals surface area contributed by atoms with Crippen LogP contribution in [0.4, 0.5) is 9.52 Å². The Bertz CT molecular complexity index is 1560. The number of carboxylic acid groups (broad SMARTS) is 1. The minimum Gasteiger partial charge on any atom is -0.478 e. The first-order valence-corrected chi connectivity index (χ1v) is 12.6. The van der Waals surface area contributed by atoms with Crippen LogP contribution in [0.3, 0.4) is 0 Å². The van der Waals surface area contributed by atoms with Crippen LogP contribution in [0.2, 0.25) is 0 Å². The van der Waals surface area contributed by atoms with E-state index in [1.807, 2.05) is 12.1 Å². The molecule has 0 bridgehead atoms. The Balaban J connectivity index is 1.16. The Morgan fingerprint density at radius 2 is 2.03 bits per heavy atom. The van der Waals surface area contributed by atoms with Crippen LogP contribution in [-0.4, -0.2) is 34.3 Å². The number of thiazole rings is 1. The van der Waals surface area contributed by atoms with Crippen LogP contribution in [0.1, 0.15) is 52.4 Å². The Kier molecular flexibility index (Phi) is 4.31. The highest BCUT2D eigenvalue weighted by molar-refractivity contribution is 7.22. The van der Waals surface area contributed by atoms with Crippen molar-refractivity contribution in [2.75, 3.05) is 18.0 Å². The lowest BCUT2D eigenvalue weighted by molar-refractivity contribution is 0.0696. The Morgan fingerprint density at radius 1 is 1.26 bits per heavy atom. The first kappa shape index (κ1) is 20.8. The second-order valence-corrected chi connectivity index (χ2v) is 11.0. The molecule has 176 valence electrons. The monoisotopic (exact) mass is 487 g/mol. The number of rotatable bonds is 5. The number of halogens is 1. The van der Waals surface area contributed by atoms with Crippen molar-refractivity contribution in [1.29, 1.82) is 0 Å². The number of hydrogen-bond donors (Lipinski definition) is 1. The van der Waals surface area contributed by atoms with Gasteiger partial charge >= 0.3 is 5.97 Å². The van der Waals surface area contributed by atoms with Gasteiger partial charge in [-0.15, -0.1) is 0 Å². The van der Waals surface area contributed by atoms with E-state index in [0.717, 1.165) is 60.6 Å². The van der Waals surface area contributed by atoms with Gasteiger partial charge in [0.25, 0.3) is 0 Å². The molecule has 0 unspecified atom stereocenters. The summed E-state index contributed by atoms with van der Waals surface area (Å²) in [6, 6.07) is 10.8. The summed E-state index contributed by atoms with van der Waals surface area (Å²) in [5.74, 6) is -0.234. The van der Waals surface area contributed by atoms with Gasteiger partial charge in [-0.2, -0.15) is 0 Å². The number of benzene rings is 2. The van der Waals surface area contributed by atoms with Gasteiger partial charge in [0.1, 0.15) is 17.0 Å². The fourth-order valence-electron chi connectivity index (χ4n) is 5.43. The van der Waals surface area contributed by atoms with Crippen LogP contribution < -0.4 is 4.90 Å². The largest absolute Gasteiger partial charge is 0.478 e. The van der Waals surface area contributed by atoms with Crippen molar-refractivity contribution in [2.45, 2.75) is 32.1 Å². The van der Waals surface area contributed by atoms with Crippen molar-refractivity contribution in [2.24, 2.45) is 5.41 Å². The SMILES string of the molecule is Cc1ccccc1-c1noc(C2CC2)c1C1=CC2(C1)CN(c1nc3c(F)cc(C(=O)O)cc3s1)C2. The van der Waals surface area contributed by atoms with Crippen molar-refractivity contribution >= 4 is 38.2 Å². The number of aromatic carboxylic acids is 1. The van der Waals surface area contributed by atoms with E-state index in [4.69, 9.17) is 4.52 Å². The number of allylic oxidation sites excluding steroid dienone is 1. The molecule has 6 nitrogen and oxygen atoms in total. The molecule has 2 aromatic heterocycles. The van der Waals surface area contributed by atoms with Gasteiger partial charge in [-0.3, -0.25) is 0 Å². The fourth-order valence-corrected chi connectivity index (χ4v) is 6.45. The van der Waals surface area contributed by atoms with Crippen molar-refractivity contribution in [3.63, 3.8) is 0 Å². The molecule has 3 heterocycles. The lowest BCUT2D eigenvalue weighted by Gasteiger charge is -2.54. The van der Waals surface area contributed by atoms with E-state index < -0.39 is 11.8 Å². The fraction of sp³-hybridized carbons (Fsp3) is 0.296. The van der Waals surface area contributed by atoms with Gasteiger partial charge in [0.2, 0.25) is 0 Å². The quantitative estimate of drug-likeness (QED) is 0.358. The third-order valence-corrected chi connectivity index (χ3v) is 8.44. The van der Waals surface area contributed by atoms with Gasteiger partial charge in [-0.1, -0.05) is 46.8 Å². The van der Waals surface area contributed by atoms with Gasteiger partial charge in [0, 0.05) is 35.5 Å². The molecule has 35 heavy (non-hydrogen) atoms. The molecule has 1 N–H and O–H groups in total. The molecule has 8 heteroatoms. The van der Waals surface area contributed by atoms with Crippen LogP contribution in [0.5, 0.6) is 0 Å². The molecule has 1 saturated carbocycles. The normalized spacial score (nSPS) is 18.5. The second kappa shape index (κ2) is 7.24. The molecule has 4 aromatic rings. The summed E-state index contributed by atoms with van der Waals surface area (Å²) in [7, 11) is 0. The zero-order valence-electron chi connectivity index (χ0n) is 19.0. The van der Waals surface area contributed by atoms with Crippen molar-refractivity contribution in [1.82, 2.24) is 10.1 Å². The lowest BCUT2D eigenvalue weighted by Crippen LogP contribution is -2.58. The highest BCUT2D eigenvalue weighted by Gasteiger charge is 2.50. The van der Waals surface area contributed by atoms with Gasteiger partial charge in [0.15, 0.2) is 10.9 Å². The molecule has 0 amide bonds. The highest BCUT2D eigenvalue weighted by atomic mass is 32.1. The number of aromatic nitrogens is 2. The number of fused-ring (bicyclic) bond motifs is 1. The molecule has 0 radical (unpaired) electrons. The zero-order chi connectivity index (χ0) is 23.9. The highest BCUT2D eigenvalue weighted by Crippen LogP contribution is 2.56. The standard InChI is InChI=1S/C27H22FN3O3S/c1-14-4-2-3-5-18(14)22-21(24(34-30-22)15-6-7-15)17-10-27(11-17)12-31(13-27)26-29-23-19(28)8-16(25(32)33)9-20(23)35-26/h2-5,8-10,15H,6-7,11-13H2,1H3,(H,32,33). The van der Waals surface area contributed by atoms with Crippen LogP contribution in [0, 0.1) is 18.2 Å². The minimum atomic E-state index is -1.14. The number of carboxylic acids is 1. The molecular formula is C27H22FN3O3S. The summed E-state index contributed by atoms with van der Waals surface area (Å²) in [6.07, 6.45) is 5.62. The van der Waals surface area contributed by atoms with E-state index in [1.165, 1.54) is 34.1 Å². The predicted molar refractivity (Wildman–Crippen MR) is 132 cm³/mol. The second-order valence-electron chi connectivity index (χ2n) is 10.0. The van der Waals surface area contributed by atoms with Gasteiger partial charge < -0.3 is 14.5 Å².